The first-order valence-corrected chi connectivity index (χ1v) is 2.10. The fourth-order valence-corrected chi connectivity index (χ4v) is 0. The summed E-state index contributed by atoms with van der Waals surface area (Å²) in [5.74, 6) is 0. The van der Waals surface area contributed by atoms with Crippen LogP contribution >= 0.6 is 13.5 Å². The van der Waals surface area contributed by atoms with Crippen LogP contribution in [0.15, 0.2) is 0 Å². The van der Waals surface area contributed by atoms with Crippen LogP contribution in [0.1, 0.15) is 0 Å². The minimum absolute atomic E-state index is 0. The maximum absolute atomic E-state index is 8.74. The fraction of sp³-hybridized carbons (Fsp3) is 0. The van der Waals surface area contributed by atoms with Gasteiger partial charge in [0.05, 0.1) is 0 Å². The van der Waals surface area contributed by atoms with Gasteiger partial charge in [-0.25, -0.2) is 0 Å². The van der Waals surface area contributed by atoms with E-state index in [1.165, 1.54) is 0 Å². The molecule has 0 fully saturated rings. The normalized spacial score (nSPS) is 7.25. The summed E-state index contributed by atoms with van der Waals surface area (Å²) in [6.07, 6.45) is 0. The summed E-state index contributed by atoms with van der Waals surface area (Å²) in [7, 11) is -4.67. The van der Waals surface area contributed by atoms with Crippen LogP contribution in [0.5, 0.6) is 0 Å². The largest absolute Gasteiger partial charge is 1.00 e. The van der Waals surface area contributed by atoms with E-state index < -0.39 is 10.4 Å². The van der Waals surface area contributed by atoms with Crippen LogP contribution in [0.2, 0.25) is 0 Å². The Hall–Kier alpha value is 2.22. The standard InChI is InChI=1S/2Na.H2O4S.H2S/c;;1-5(2,3)4;/h;;(H2,1,2,3,4);1H2/q2*+1;;. The third kappa shape index (κ3) is 86.9. The summed E-state index contributed by atoms with van der Waals surface area (Å²) < 4.78 is 31.6. The molecule has 0 saturated carbocycles. The second kappa shape index (κ2) is 9.22. The van der Waals surface area contributed by atoms with Crippen molar-refractivity contribution in [3.8, 4) is 0 Å². The van der Waals surface area contributed by atoms with Crippen molar-refractivity contribution in [3.05, 3.63) is 0 Å². The van der Waals surface area contributed by atoms with Crippen molar-refractivity contribution in [3.63, 3.8) is 0 Å². The molecule has 0 amide bonds. The molecule has 0 radical (unpaired) electrons. The van der Waals surface area contributed by atoms with Crippen molar-refractivity contribution in [2.24, 2.45) is 0 Å². The van der Waals surface area contributed by atoms with E-state index in [4.69, 9.17) is 17.5 Å². The van der Waals surface area contributed by atoms with Gasteiger partial charge in [-0.15, -0.1) is 0 Å². The molecular formula is H4Na2O4S2+2. The summed E-state index contributed by atoms with van der Waals surface area (Å²) in [6, 6.07) is 0. The molecule has 8 heavy (non-hydrogen) atoms. The average Bonchev–Trinajstić information content (AvgIpc) is 0.722. The molecule has 0 aromatic rings. The van der Waals surface area contributed by atoms with Crippen molar-refractivity contribution in [2.45, 2.75) is 0 Å². The second-order valence-electron chi connectivity index (χ2n) is 0.448. The van der Waals surface area contributed by atoms with E-state index in [0.29, 0.717) is 0 Å². The predicted octanol–water partition coefficient (Wildman–Crippen LogP) is -6.53. The van der Waals surface area contributed by atoms with Gasteiger partial charge in [0.25, 0.3) is 0 Å². The molecule has 0 saturated heterocycles. The Morgan fingerprint density at radius 3 is 1.00 bits per heavy atom. The zero-order valence-corrected chi connectivity index (χ0v) is 10.4. The minimum atomic E-state index is -4.67. The van der Waals surface area contributed by atoms with Gasteiger partial charge < -0.3 is 0 Å². The van der Waals surface area contributed by atoms with Crippen molar-refractivity contribution < 1.29 is 76.6 Å². The predicted molar refractivity (Wildman–Crippen MR) is 24.6 cm³/mol. The third-order valence-electron chi connectivity index (χ3n) is 0. The number of hydrogen-bond donors (Lipinski definition) is 2. The summed E-state index contributed by atoms with van der Waals surface area (Å²) in [4.78, 5) is 0. The molecule has 4 nitrogen and oxygen atoms in total. The molecule has 0 heterocycles. The van der Waals surface area contributed by atoms with E-state index >= 15 is 0 Å². The molecule has 0 aliphatic rings. The van der Waals surface area contributed by atoms with Crippen LogP contribution < -0.4 is 59.1 Å². The molecule has 40 valence electrons. The summed E-state index contributed by atoms with van der Waals surface area (Å²) in [6.45, 7) is 0. The van der Waals surface area contributed by atoms with Crippen LogP contribution in [-0.2, 0) is 10.4 Å². The first kappa shape index (κ1) is 22.5. The van der Waals surface area contributed by atoms with Gasteiger partial charge in [0.1, 0.15) is 0 Å². The molecular weight excluding hydrogens is 174 g/mol. The van der Waals surface area contributed by atoms with Gasteiger partial charge >= 0.3 is 69.5 Å². The van der Waals surface area contributed by atoms with E-state index in [9.17, 15) is 0 Å². The molecule has 0 bridgehead atoms. The van der Waals surface area contributed by atoms with E-state index in [1.54, 1.807) is 0 Å². The Kier molecular flexibility index (Phi) is 25.9. The second-order valence-corrected chi connectivity index (χ2v) is 1.34. The van der Waals surface area contributed by atoms with Crippen molar-refractivity contribution in [1.29, 1.82) is 0 Å². The Labute approximate surface area is 99.0 Å². The molecule has 0 spiro atoms. The van der Waals surface area contributed by atoms with E-state index in [2.05, 4.69) is 0 Å². The Balaban J connectivity index is -0.0000000267. The number of hydrogen-bond acceptors (Lipinski definition) is 2. The van der Waals surface area contributed by atoms with Crippen molar-refractivity contribution >= 4 is 23.9 Å². The fourth-order valence-electron chi connectivity index (χ4n) is 0. The Morgan fingerprint density at radius 2 is 1.00 bits per heavy atom. The molecule has 0 aliphatic carbocycles. The smallest absolute Gasteiger partial charge is 0.264 e. The van der Waals surface area contributed by atoms with Gasteiger partial charge in [0, 0.05) is 0 Å². The Morgan fingerprint density at radius 1 is 1.00 bits per heavy atom. The van der Waals surface area contributed by atoms with Crippen LogP contribution in [0.25, 0.3) is 0 Å². The van der Waals surface area contributed by atoms with Crippen molar-refractivity contribution in [1.82, 2.24) is 0 Å². The maximum Gasteiger partial charge on any atom is 1.00 e. The molecule has 0 unspecified atom stereocenters. The van der Waals surface area contributed by atoms with Crippen molar-refractivity contribution in [2.75, 3.05) is 0 Å². The van der Waals surface area contributed by atoms with Gasteiger partial charge in [-0.05, 0) is 0 Å². The molecule has 0 aromatic carbocycles. The van der Waals surface area contributed by atoms with Gasteiger partial charge in [-0.2, -0.15) is 21.9 Å². The van der Waals surface area contributed by atoms with E-state index in [-0.39, 0.29) is 72.6 Å². The molecule has 8 heteroatoms. The third-order valence-corrected chi connectivity index (χ3v) is 0. The van der Waals surface area contributed by atoms with Crippen LogP contribution in [-0.4, -0.2) is 17.5 Å². The van der Waals surface area contributed by atoms with Crippen LogP contribution in [0, 0.1) is 0 Å². The van der Waals surface area contributed by atoms with Gasteiger partial charge in [-0.1, -0.05) is 0 Å². The zero-order chi connectivity index (χ0) is 4.50. The van der Waals surface area contributed by atoms with Crippen LogP contribution in [0.3, 0.4) is 0 Å². The maximum atomic E-state index is 8.74. The van der Waals surface area contributed by atoms with Gasteiger partial charge in [0.15, 0.2) is 0 Å². The topological polar surface area (TPSA) is 74.6 Å². The summed E-state index contributed by atoms with van der Waals surface area (Å²) in [5.41, 5.74) is 0. The van der Waals surface area contributed by atoms with Gasteiger partial charge in [0.2, 0.25) is 0 Å². The average molecular weight is 178 g/mol. The Bertz CT molecular complexity index is 95.2. The van der Waals surface area contributed by atoms with E-state index in [1.807, 2.05) is 0 Å². The monoisotopic (exact) mass is 178 g/mol. The molecule has 0 aliphatic heterocycles. The first-order chi connectivity index (χ1) is 2.00. The van der Waals surface area contributed by atoms with E-state index in [0.717, 1.165) is 0 Å². The van der Waals surface area contributed by atoms with Gasteiger partial charge in [-0.3, -0.25) is 9.11 Å². The molecule has 0 atom stereocenters. The summed E-state index contributed by atoms with van der Waals surface area (Å²) >= 11 is 0. The molecule has 0 aromatic heterocycles. The minimum Gasteiger partial charge on any atom is -0.264 e. The summed E-state index contributed by atoms with van der Waals surface area (Å²) in [5, 5.41) is 0. The molecule has 0 rings (SSSR count). The number of rotatable bonds is 0. The van der Waals surface area contributed by atoms with Crippen LogP contribution in [0.4, 0.5) is 0 Å². The first-order valence-electron chi connectivity index (χ1n) is 0.698. The molecule has 2 N–H and O–H groups in total. The SMILES string of the molecule is O=S(=O)(O)O.S.[Na+].[Na+]. The quantitative estimate of drug-likeness (QED) is 0.286. The zero-order valence-electron chi connectivity index (χ0n) is 4.62.